The zero-order chi connectivity index (χ0) is 18.3. The maximum absolute atomic E-state index is 10.7. The fraction of sp³-hybridized carbons (Fsp3) is 0.200. The number of imidazole rings is 1. The average molecular weight is 347 g/mol. The van der Waals surface area contributed by atoms with Crippen molar-refractivity contribution in [3.8, 4) is 0 Å². The lowest BCUT2D eigenvalue weighted by atomic mass is 10.1. The van der Waals surface area contributed by atoms with Crippen LogP contribution in [0.3, 0.4) is 0 Å². The summed E-state index contributed by atoms with van der Waals surface area (Å²) in [7, 11) is 1.62. The number of H-pyrrole nitrogens is 1. The standard InChI is InChI=1S/C20H21N5O/c1-11-3-5-12(6-4-11)17(21)19(26)18(22-2)20-24-15-7-13-9-23-10-14(13)8-16(15)25-20/h3-8,23,26H,9-10,21H2,1-2H3,(H,24,25). The summed E-state index contributed by atoms with van der Waals surface area (Å²) in [5.74, 6) is 0.427. The van der Waals surface area contributed by atoms with Crippen LogP contribution in [-0.2, 0) is 13.1 Å². The molecule has 4 rings (SSSR count). The number of aromatic amines is 1. The number of rotatable bonds is 3. The quantitative estimate of drug-likeness (QED) is 0.432. The van der Waals surface area contributed by atoms with Crippen LogP contribution in [0.2, 0.25) is 0 Å². The van der Waals surface area contributed by atoms with E-state index in [1.165, 1.54) is 11.1 Å². The Morgan fingerprint density at radius 2 is 1.85 bits per heavy atom. The first-order valence-electron chi connectivity index (χ1n) is 8.52. The maximum atomic E-state index is 10.7. The summed E-state index contributed by atoms with van der Waals surface area (Å²) < 4.78 is 0. The summed E-state index contributed by atoms with van der Waals surface area (Å²) in [6.45, 7) is 3.72. The normalized spacial score (nSPS) is 15.2. The molecule has 0 amide bonds. The molecular weight excluding hydrogens is 326 g/mol. The predicted octanol–water partition coefficient (Wildman–Crippen LogP) is 2.78. The number of fused-ring (bicyclic) bond motifs is 2. The first kappa shape index (κ1) is 16.4. The van der Waals surface area contributed by atoms with Crippen LogP contribution in [0.4, 0.5) is 0 Å². The average Bonchev–Trinajstić information content (AvgIpc) is 3.25. The van der Waals surface area contributed by atoms with Gasteiger partial charge in [0.25, 0.3) is 0 Å². The highest BCUT2D eigenvalue weighted by atomic mass is 16.3. The van der Waals surface area contributed by atoms with E-state index in [0.29, 0.717) is 11.5 Å². The van der Waals surface area contributed by atoms with Crippen LogP contribution in [0, 0.1) is 6.92 Å². The molecule has 1 aromatic heterocycles. The summed E-state index contributed by atoms with van der Waals surface area (Å²) in [5.41, 5.74) is 13.0. The van der Waals surface area contributed by atoms with Gasteiger partial charge in [-0.2, -0.15) is 0 Å². The molecule has 132 valence electrons. The highest BCUT2D eigenvalue weighted by molar-refractivity contribution is 6.13. The van der Waals surface area contributed by atoms with Gasteiger partial charge in [-0.25, -0.2) is 4.98 Å². The van der Waals surface area contributed by atoms with Gasteiger partial charge >= 0.3 is 0 Å². The summed E-state index contributed by atoms with van der Waals surface area (Å²) >= 11 is 0. The SMILES string of the molecule is CN=C(C(O)=C(N)c1ccc(C)cc1)c1nc2cc3c(cc2[nH]1)CNC3. The Balaban J connectivity index is 1.76. The van der Waals surface area contributed by atoms with Crippen molar-refractivity contribution in [2.45, 2.75) is 20.0 Å². The Hall–Kier alpha value is -3.12. The summed E-state index contributed by atoms with van der Waals surface area (Å²) in [6.07, 6.45) is 0. The van der Waals surface area contributed by atoms with Gasteiger partial charge in [-0.1, -0.05) is 29.8 Å². The van der Waals surface area contributed by atoms with Crippen molar-refractivity contribution in [3.05, 3.63) is 70.2 Å². The third kappa shape index (κ3) is 2.74. The Kier molecular flexibility index (Phi) is 3.97. The van der Waals surface area contributed by atoms with E-state index in [0.717, 1.165) is 35.2 Å². The van der Waals surface area contributed by atoms with Gasteiger partial charge in [0.2, 0.25) is 0 Å². The predicted molar refractivity (Wildman–Crippen MR) is 104 cm³/mol. The molecular formula is C20H21N5O. The second-order valence-corrected chi connectivity index (χ2v) is 6.53. The molecule has 26 heavy (non-hydrogen) atoms. The van der Waals surface area contributed by atoms with E-state index < -0.39 is 0 Å². The summed E-state index contributed by atoms with van der Waals surface area (Å²) in [5, 5.41) is 14.0. The van der Waals surface area contributed by atoms with Crippen LogP contribution < -0.4 is 11.1 Å². The molecule has 0 unspecified atom stereocenters. The van der Waals surface area contributed by atoms with Crippen molar-refractivity contribution < 1.29 is 5.11 Å². The lowest BCUT2D eigenvalue weighted by Gasteiger charge is -2.08. The van der Waals surface area contributed by atoms with Crippen molar-refractivity contribution in [2.75, 3.05) is 7.05 Å². The van der Waals surface area contributed by atoms with Gasteiger partial charge < -0.3 is 21.1 Å². The minimum Gasteiger partial charge on any atom is -0.504 e. The minimum atomic E-state index is -0.0791. The van der Waals surface area contributed by atoms with Crippen LogP contribution in [-0.4, -0.2) is 27.8 Å². The first-order valence-corrected chi connectivity index (χ1v) is 8.52. The van der Waals surface area contributed by atoms with Gasteiger partial charge in [-0.3, -0.25) is 4.99 Å². The van der Waals surface area contributed by atoms with Gasteiger partial charge in [0, 0.05) is 25.7 Å². The molecule has 2 heterocycles. The fourth-order valence-electron chi connectivity index (χ4n) is 3.24. The Labute approximate surface area is 151 Å². The van der Waals surface area contributed by atoms with E-state index in [4.69, 9.17) is 5.73 Å². The number of nitrogens with zero attached hydrogens (tertiary/aromatic N) is 2. The zero-order valence-electron chi connectivity index (χ0n) is 14.8. The smallest absolute Gasteiger partial charge is 0.168 e. The minimum absolute atomic E-state index is 0.0791. The third-order valence-corrected chi connectivity index (χ3v) is 4.72. The molecule has 0 fully saturated rings. The second-order valence-electron chi connectivity index (χ2n) is 6.53. The van der Waals surface area contributed by atoms with E-state index >= 15 is 0 Å². The number of aliphatic hydroxyl groups is 1. The molecule has 0 saturated carbocycles. The number of allylic oxidation sites excluding steroid dienone is 1. The number of aryl methyl sites for hydroxylation is 1. The lowest BCUT2D eigenvalue weighted by Crippen LogP contribution is -2.13. The van der Waals surface area contributed by atoms with E-state index in [1.807, 2.05) is 31.2 Å². The number of aliphatic hydroxyl groups excluding tert-OH is 1. The third-order valence-electron chi connectivity index (χ3n) is 4.72. The summed E-state index contributed by atoms with van der Waals surface area (Å²) in [6, 6.07) is 11.8. The van der Waals surface area contributed by atoms with E-state index in [-0.39, 0.29) is 11.5 Å². The van der Waals surface area contributed by atoms with E-state index in [2.05, 4.69) is 32.4 Å². The number of nitrogens with one attached hydrogen (secondary N) is 2. The molecule has 0 spiro atoms. The molecule has 0 bridgehead atoms. The molecule has 0 aliphatic carbocycles. The Bertz CT molecular complexity index is 1000. The maximum Gasteiger partial charge on any atom is 0.168 e. The fourth-order valence-corrected chi connectivity index (χ4v) is 3.24. The number of benzene rings is 2. The summed E-state index contributed by atoms with van der Waals surface area (Å²) in [4.78, 5) is 12.1. The molecule has 6 nitrogen and oxygen atoms in total. The molecule has 5 N–H and O–H groups in total. The Morgan fingerprint density at radius 3 is 2.54 bits per heavy atom. The number of hydrogen-bond acceptors (Lipinski definition) is 5. The molecule has 1 aliphatic rings. The zero-order valence-corrected chi connectivity index (χ0v) is 14.8. The Morgan fingerprint density at radius 1 is 1.15 bits per heavy atom. The van der Waals surface area contributed by atoms with Crippen LogP contribution >= 0.6 is 0 Å². The highest BCUT2D eigenvalue weighted by Crippen LogP contribution is 2.23. The van der Waals surface area contributed by atoms with Crippen LogP contribution in [0.5, 0.6) is 0 Å². The van der Waals surface area contributed by atoms with E-state index in [9.17, 15) is 5.11 Å². The molecule has 6 heteroatoms. The van der Waals surface area contributed by atoms with Crippen LogP contribution in [0.15, 0.2) is 47.1 Å². The molecule has 1 aliphatic heterocycles. The van der Waals surface area contributed by atoms with Crippen molar-refractivity contribution in [1.82, 2.24) is 15.3 Å². The highest BCUT2D eigenvalue weighted by Gasteiger charge is 2.19. The second kappa shape index (κ2) is 6.31. The van der Waals surface area contributed by atoms with E-state index in [1.54, 1.807) is 7.05 Å². The van der Waals surface area contributed by atoms with Gasteiger partial charge in [0.05, 0.1) is 16.7 Å². The number of aromatic nitrogens is 2. The van der Waals surface area contributed by atoms with Crippen molar-refractivity contribution in [1.29, 1.82) is 0 Å². The molecule has 0 radical (unpaired) electrons. The molecule has 3 aromatic rings. The van der Waals surface area contributed by atoms with Gasteiger partial charge in [-0.05, 0) is 30.2 Å². The molecule has 0 atom stereocenters. The largest absolute Gasteiger partial charge is 0.504 e. The van der Waals surface area contributed by atoms with Crippen LogP contribution in [0.1, 0.15) is 28.1 Å². The monoisotopic (exact) mass is 347 g/mol. The first-order chi connectivity index (χ1) is 12.6. The van der Waals surface area contributed by atoms with Gasteiger partial charge in [0.15, 0.2) is 11.6 Å². The van der Waals surface area contributed by atoms with Crippen molar-refractivity contribution in [2.24, 2.45) is 10.7 Å². The van der Waals surface area contributed by atoms with Crippen molar-refractivity contribution in [3.63, 3.8) is 0 Å². The van der Waals surface area contributed by atoms with Crippen LogP contribution in [0.25, 0.3) is 16.7 Å². The van der Waals surface area contributed by atoms with Crippen molar-refractivity contribution >= 4 is 22.4 Å². The number of aliphatic imine (C=N–C) groups is 1. The van der Waals surface area contributed by atoms with Gasteiger partial charge in [-0.15, -0.1) is 0 Å². The molecule has 0 saturated heterocycles. The number of hydrogen-bond donors (Lipinski definition) is 4. The van der Waals surface area contributed by atoms with Gasteiger partial charge in [0.1, 0.15) is 5.71 Å². The molecule has 2 aromatic carbocycles. The lowest BCUT2D eigenvalue weighted by molar-refractivity contribution is 0.444. The topological polar surface area (TPSA) is 99.3 Å². The number of nitrogens with two attached hydrogens (primary N) is 1.